The van der Waals surface area contributed by atoms with Gasteiger partial charge >= 0.3 is 0 Å². The van der Waals surface area contributed by atoms with Crippen LogP contribution in [0.25, 0.3) is 0 Å². The molecule has 3 aliphatic rings. The number of ether oxygens (including phenoxy) is 3. The van der Waals surface area contributed by atoms with E-state index in [0.29, 0.717) is 0 Å². The Labute approximate surface area is 89.5 Å². The molecule has 0 aromatic heterocycles. The summed E-state index contributed by atoms with van der Waals surface area (Å²) in [4.78, 5) is 0. The van der Waals surface area contributed by atoms with Crippen molar-refractivity contribution < 1.29 is 19.3 Å². The van der Waals surface area contributed by atoms with E-state index in [4.69, 9.17) is 14.2 Å². The van der Waals surface area contributed by atoms with E-state index < -0.39 is 11.9 Å². The van der Waals surface area contributed by atoms with Gasteiger partial charge in [-0.15, -0.1) is 0 Å². The van der Waals surface area contributed by atoms with E-state index in [1.807, 2.05) is 6.92 Å². The van der Waals surface area contributed by atoms with Gasteiger partial charge in [-0.2, -0.15) is 0 Å². The molecule has 2 saturated heterocycles. The van der Waals surface area contributed by atoms with Gasteiger partial charge in [-0.3, -0.25) is 0 Å². The minimum Gasteiger partial charge on any atom is -0.387 e. The molecule has 3 rings (SSSR count). The molecule has 0 radical (unpaired) electrons. The van der Waals surface area contributed by atoms with Crippen LogP contribution in [0.1, 0.15) is 39.0 Å². The fraction of sp³-hybridized carbons (Fsp3) is 1.00. The number of hydrogen-bond donors (Lipinski definition) is 1. The van der Waals surface area contributed by atoms with Crippen molar-refractivity contribution in [3.8, 4) is 0 Å². The molecule has 4 atom stereocenters. The third kappa shape index (κ3) is 1.43. The summed E-state index contributed by atoms with van der Waals surface area (Å²) in [5, 5.41) is 9.97. The van der Waals surface area contributed by atoms with Crippen LogP contribution in [0, 0.1) is 0 Å². The third-order valence-electron chi connectivity index (χ3n) is 3.74. The Morgan fingerprint density at radius 3 is 2.60 bits per heavy atom. The number of fused-ring (bicyclic) bond motifs is 1. The van der Waals surface area contributed by atoms with Crippen LogP contribution in [0.3, 0.4) is 0 Å². The van der Waals surface area contributed by atoms with Crippen molar-refractivity contribution in [1.29, 1.82) is 0 Å². The highest BCUT2D eigenvalue weighted by Crippen LogP contribution is 2.46. The average Bonchev–Trinajstić information content (AvgIpc) is 2.88. The molecule has 15 heavy (non-hydrogen) atoms. The summed E-state index contributed by atoms with van der Waals surface area (Å²) in [7, 11) is 0. The SMILES string of the molecule is CC[C@H]1O[C@@H]2OC3(CCCC3)O[C@@H]2[C@H]1O. The van der Waals surface area contributed by atoms with Crippen LogP contribution in [-0.2, 0) is 14.2 Å². The van der Waals surface area contributed by atoms with Crippen LogP contribution in [-0.4, -0.2) is 35.5 Å². The van der Waals surface area contributed by atoms with Gasteiger partial charge in [0, 0.05) is 12.8 Å². The molecular formula is C11H18O4. The zero-order chi connectivity index (χ0) is 10.5. The molecule has 0 amide bonds. The largest absolute Gasteiger partial charge is 0.387 e. The summed E-state index contributed by atoms with van der Waals surface area (Å²) in [6.45, 7) is 2.00. The fourth-order valence-corrected chi connectivity index (χ4v) is 2.90. The van der Waals surface area contributed by atoms with Crippen molar-refractivity contribution in [3.05, 3.63) is 0 Å². The lowest BCUT2D eigenvalue weighted by Crippen LogP contribution is -2.35. The first-order valence-electron chi connectivity index (χ1n) is 5.93. The Kier molecular flexibility index (Phi) is 2.28. The molecule has 1 saturated carbocycles. The summed E-state index contributed by atoms with van der Waals surface area (Å²) < 4.78 is 17.3. The molecule has 1 spiro atoms. The Bertz CT molecular complexity index is 249. The van der Waals surface area contributed by atoms with Gasteiger partial charge in [0.25, 0.3) is 0 Å². The van der Waals surface area contributed by atoms with Gasteiger partial charge in [0.2, 0.25) is 0 Å². The first-order valence-corrected chi connectivity index (χ1v) is 5.93. The highest BCUT2D eigenvalue weighted by atomic mass is 16.8. The van der Waals surface area contributed by atoms with Crippen molar-refractivity contribution in [3.63, 3.8) is 0 Å². The van der Waals surface area contributed by atoms with Gasteiger partial charge in [0.05, 0.1) is 6.10 Å². The van der Waals surface area contributed by atoms with Crippen LogP contribution in [0.2, 0.25) is 0 Å². The second kappa shape index (κ2) is 3.42. The fourth-order valence-electron chi connectivity index (χ4n) is 2.90. The zero-order valence-corrected chi connectivity index (χ0v) is 9.02. The maximum Gasteiger partial charge on any atom is 0.190 e. The van der Waals surface area contributed by atoms with E-state index in [9.17, 15) is 5.11 Å². The second-order valence-electron chi connectivity index (χ2n) is 4.76. The van der Waals surface area contributed by atoms with Crippen LogP contribution in [0.5, 0.6) is 0 Å². The normalized spacial score (nSPS) is 47.6. The van der Waals surface area contributed by atoms with Crippen molar-refractivity contribution >= 4 is 0 Å². The summed E-state index contributed by atoms with van der Waals surface area (Å²) in [6, 6.07) is 0. The molecule has 4 nitrogen and oxygen atoms in total. The van der Waals surface area contributed by atoms with E-state index >= 15 is 0 Å². The molecule has 0 bridgehead atoms. The highest BCUT2D eigenvalue weighted by molar-refractivity contribution is 4.95. The minimum absolute atomic E-state index is 0.126. The molecule has 2 heterocycles. The Balaban J connectivity index is 1.73. The maximum atomic E-state index is 9.97. The molecular weight excluding hydrogens is 196 g/mol. The molecule has 2 aliphatic heterocycles. The first kappa shape index (κ1) is 10.0. The molecule has 0 unspecified atom stereocenters. The summed E-state index contributed by atoms with van der Waals surface area (Å²) in [5.74, 6) is -0.435. The highest BCUT2D eigenvalue weighted by Gasteiger charge is 2.57. The molecule has 0 aromatic carbocycles. The first-order chi connectivity index (χ1) is 7.24. The van der Waals surface area contributed by atoms with Gasteiger partial charge in [0.15, 0.2) is 12.1 Å². The van der Waals surface area contributed by atoms with Crippen LogP contribution in [0.15, 0.2) is 0 Å². The number of rotatable bonds is 1. The van der Waals surface area contributed by atoms with Gasteiger partial charge in [-0.25, -0.2) is 0 Å². The zero-order valence-electron chi connectivity index (χ0n) is 9.02. The van der Waals surface area contributed by atoms with Crippen molar-refractivity contribution in [2.75, 3.05) is 0 Å². The lowest BCUT2D eigenvalue weighted by molar-refractivity contribution is -0.229. The predicted octanol–water partition coefficient (Wildman–Crippen LogP) is 1.17. The molecule has 3 fully saturated rings. The topological polar surface area (TPSA) is 47.9 Å². The molecule has 86 valence electrons. The Hall–Kier alpha value is -0.160. The number of aliphatic hydroxyl groups excluding tert-OH is 1. The van der Waals surface area contributed by atoms with Gasteiger partial charge in [-0.05, 0) is 19.3 Å². The Morgan fingerprint density at radius 1 is 1.27 bits per heavy atom. The smallest absolute Gasteiger partial charge is 0.190 e. The maximum absolute atomic E-state index is 9.97. The van der Waals surface area contributed by atoms with Crippen molar-refractivity contribution in [2.45, 2.75) is 69.4 Å². The van der Waals surface area contributed by atoms with Crippen LogP contribution >= 0.6 is 0 Å². The van der Waals surface area contributed by atoms with Gasteiger partial charge in [-0.1, -0.05) is 6.92 Å². The predicted molar refractivity (Wildman–Crippen MR) is 52.1 cm³/mol. The molecule has 4 heteroatoms. The summed E-state index contributed by atoms with van der Waals surface area (Å²) >= 11 is 0. The minimum atomic E-state index is -0.528. The van der Waals surface area contributed by atoms with Gasteiger partial charge < -0.3 is 19.3 Å². The van der Waals surface area contributed by atoms with Crippen LogP contribution < -0.4 is 0 Å². The number of aliphatic hydroxyl groups is 1. The Morgan fingerprint density at radius 2 is 2.00 bits per heavy atom. The molecule has 1 aliphatic carbocycles. The van der Waals surface area contributed by atoms with Crippen molar-refractivity contribution in [1.82, 2.24) is 0 Å². The van der Waals surface area contributed by atoms with E-state index in [0.717, 1.165) is 32.1 Å². The standard InChI is InChI=1S/C11H18O4/c1-2-7-8(12)9-10(13-7)15-11(14-9)5-3-4-6-11/h7-10,12H,2-6H2,1H3/t7-,8+,9-,10-/m1/s1. The summed E-state index contributed by atoms with van der Waals surface area (Å²) in [5.41, 5.74) is 0. The quantitative estimate of drug-likeness (QED) is 0.711. The van der Waals surface area contributed by atoms with Gasteiger partial charge in [0.1, 0.15) is 12.2 Å². The van der Waals surface area contributed by atoms with E-state index in [1.165, 1.54) is 0 Å². The lowest BCUT2D eigenvalue weighted by Gasteiger charge is -2.25. The average molecular weight is 214 g/mol. The van der Waals surface area contributed by atoms with E-state index in [-0.39, 0.29) is 18.5 Å². The second-order valence-corrected chi connectivity index (χ2v) is 4.76. The monoisotopic (exact) mass is 214 g/mol. The number of hydrogen-bond acceptors (Lipinski definition) is 4. The van der Waals surface area contributed by atoms with E-state index in [1.54, 1.807) is 0 Å². The van der Waals surface area contributed by atoms with Crippen molar-refractivity contribution in [2.24, 2.45) is 0 Å². The van der Waals surface area contributed by atoms with Crippen LogP contribution in [0.4, 0.5) is 0 Å². The lowest BCUT2D eigenvalue weighted by atomic mass is 10.1. The molecule has 1 N–H and O–H groups in total. The van der Waals surface area contributed by atoms with E-state index in [2.05, 4.69) is 0 Å². The third-order valence-corrected chi connectivity index (χ3v) is 3.74. The molecule has 0 aromatic rings. The summed E-state index contributed by atoms with van der Waals surface area (Å²) in [6.07, 6.45) is 3.70.